The van der Waals surface area contributed by atoms with E-state index in [1.165, 1.54) is 23.6 Å². The number of aromatic nitrogens is 2. The first-order chi connectivity index (χ1) is 11.0. The lowest BCUT2D eigenvalue weighted by molar-refractivity contribution is -0.385. The minimum atomic E-state index is -0.482. The first-order valence-corrected chi connectivity index (χ1v) is 7.93. The van der Waals surface area contributed by atoms with E-state index >= 15 is 0 Å². The second-order valence-corrected chi connectivity index (χ2v) is 6.52. The highest BCUT2D eigenvalue weighted by Crippen LogP contribution is 2.20. The summed E-state index contributed by atoms with van der Waals surface area (Å²) in [5, 5.41) is 14.7. The van der Waals surface area contributed by atoms with Crippen molar-refractivity contribution in [2.45, 2.75) is 19.4 Å². The number of hydrogen-bond acceptors (Lipinski definition) is 7. The Morgan fingerprint density at radius 3 is 2.87 bits per heavy atom. The van der Waals surface area contributed by atoms with Crippen LogP contribution in [0.1, 0.15) is 21.1 Å². The number of carbonyl (C=O) groups is 1. The van der Waals surface area contributed by atoms with Crippen LogP contribution >= 0.6 is 11.3 Å². The number of aryl methyl sites for hydroxylation is 1. The standard InChI is InChI=1S/C14H15N5O3S/c1-9-15-7-12(23-9)14(20)18-5-4-10(8-18)17-13-3-2-11(6-16-13)19(21)22/h2-3,6-7,10H,4-5,8H2,1H3,(H,16,17)/t10-/m1/s1. The zero-order valence-electron chi connectivity index (χ0n) is 12.4. The summed E-state index contributed by atoms with van der Waals surface area (Å²) in [6.07, 6.45) is 3.64. The van der Waals surface area contributed by atoms with Gasteiger partial charge in [0.15, 0.2) is 0 Å². The van der Waals surface area contributed by atoms with Gasteiger partial charge in [-0.25, -0.2) is 9.97 Å². The third-order valence-corrected chi connectivity index (χ3v) is 4.52. The Morgan fingerprint density at radius 1 is 1.43 bits per heavy atom. The quantitative estimate of drug-likeness (QED) is 0.679. The maximum atomic E-state index is 12.4. The number of anilines is 1. The summed E-state index contributed by atoms with van der Waals surface area (Å²) < 4.78 is 0. The van der Waals surface area contributed by atoms with Crippen LogP contribution in [0.3, 0.4) is 0 Å². The van der Waals surface area contributed by atoms with Crippen molar-refractivity contribution in [3.63, 3.8) is 0 Å². The van der Waals surface area contributed by atoms with Crippen LogP contribution in [0, 0.1) is 17.0 Å². The summed E-state index contributed by atoms with van der Waals surface area (Å²) in [6, 6.07) is 3.07. The lowest BCUT2D eigenvalue weighted by atomic mass is 10.2. The van der Waals surface area contributed by atoms with E-state index in [-0.39, 0.29) is 17.6 Å². The Balaban J connectivity index is 1.59. The fourth-order valence-corrected chi connectivity index (χ4v) is 3.21. The van der Waals surface area contributed by atoms with E-state index in [4.69, 9.17) is 0 Å². The van der Waals surface area contributed by atoms with Gasteiger partial charge in [0.1, 0.15) is 16.9 Å². The van der Waals surface area contributed by atoms with Crippen LogP contribution in [-0.2, 0) is 0 Å². The Morgan fingerprint density at radius 2 is 2.26 bits per heavy atom. The molecule has 0 bridgehead atoms. The van der Waals surface area contributed by atoms with E-state index in [9.17, 15) is 14.9 Å². The van der Waals surface area contributed by atoms with Crippen LogP contribution in [0.2, 0.25) is 0 Å². The minimum absolute atomic E-state index is 0.00319. The topological polar surface area (TPSA) is 101 Å². The molecule has 1 atom stereocenters. The van der Waals surface area contributed by atoms with Crippen LogP contribution in [0.15, 0.2) is 24.5 Å². The van der Waals surface area contributed by atoms with Gasteiger partial charge >= 0.3 is 0 Å². The highest BCUT2D eigenvalue weighted by molar-refractivity contribution is 7.13. The van der Waals surface area contributed by atoms with E-state index in [0.29, 0.717) is 23.8 Å². The molecule has 1 aliphatic rings. The van der Waals surface area contributed by atoms with Gasteiger partial charge < -0.3 is 10.2 Å². The molecule has 8 nitrogen and oxygen atoms in total. The molecule has 120 valence electrons. The third kappa shape index (κ3) is 3.45. The van der Waals surface area contributed by atoms with E-state index in [0.717, 1.165) is 11.4 Å². The normalized spacial score (nSPS) is 17.3. The second-order valence-electron chi connectivity index (χ2n) is 5.28. The Bertz CT molecular complexity index is 730. The molecule has 1 N–H and O–H groups in total. The molecule has 0 spiro atoms. The number of pyridine rings is 1. The fourth-order valence-electron chi connectivity index (χ4n) is 2.47. The van der Waals surface area contributed by atoms with Crippen LogP contribution in [0.4, 0.5) is 11.5 Å². The minimum Gasteiger partial charge on any atom is -0.365 e. The number of nitrogens with zero attached hydrogens (tertiary/aromatic N) is 4. The van der Waals surface area contributed by atoms with Gasteiger partial charge in [-0.15, -0.1) is 11.3 Å². The van der Waals surface area contributed by atoms with Gasteiger partial charge in [-0.2, -0.15) is 0 Å². The molecule has 2 aromatic heterocycles. The summed E-state index contributed by atoms with van der Waals surface area (Å²) in [6.45, 7) is 3.12. The molecular formula is C14H15N5O3S. The smallest absolute Gasteiger partial charge is 0.287 e. The van der Waals surface area contributed by atoms with Crippen molar-refractivity contribution in [2.75, 3.05) is 18.4 Å². The Kier molecular flexibility index (Phi) is 4.20. The van der Waals surface area contributed by atoms with E-state index in [2.05, 4.69) is 15.3 Å². The fraction of sp³-hybridized carbons (Fsp3) is 0.357. The third-order valence-electron chi connectivity index (χ3n) is 3.62. The highest BCUT2D eigenvalue weighted by Gasteiger charge is 2.28. The predicted octanol–water partition coefficient (Wildman–Crippen LogP) is 2.08. The molecule has 0 aromatic carbocycles. The van der Waals surface area contributed by atoms with Gasteiger partial charge in [0.05, 0.1) is 16.1 Å². The summed E-state index contributed by atoms with van der Waals surface area (Å²) in [7, 11) is 0. The first-order valence-electron chi connectivity index (χ1n) is 7.11. The van der Waals surface area contributed by atoms with Crippen molar-refractivity contribution in [3.8, 4) is 0 Å². The summed E-state index contributed by atoms with van der Waals surface area (Å²) in [4.78, 5) is 33.1. The molecule has 2 aromatic rings. The van der Waals surface area contributed by atoms with Crippen LogP contribution in [-0.4, -0.2) is 44.8 Å². The van der Waals surface area contributed by atoms with Crippen molar-refractivity contribution >= 4 is 28.7 Å². The molecule has 3 rings (SSSR count). The lowest BCUT2D eigenvalue weighted by Crippen LogP contribution is -2.31. The first kappa shape index (κ1) is 15.3. The molecule has 1 fully saturated rings. The number of thiazole rings is 1. The van der Waals surface area contributed by atoms with Crippen molar-refractivity contribution in [1.29, 1.82) is 0 Å². The average Bonchev–Trinajstić information content (AvgIpc) is 3.16. The van der Waals surface area contributed by atoms with Gasteiger partial charge in [-0.05, 0) is 19.4 Å². The number of amides is 1. The molecule has 9 heteroatoms. The monoisotopic (exact) mass is 333 g/mol. The molecule has 1 saturated heterocycles. The Hall–Kier alpha value is -2.55. The predicted molar refractivity (Wildman–Crippen MR) is 85.7 cm³/mol. The van der Waals surface area contributed by atoms with E-state index < -0.39 is 4.92 Å². The van der Waals surface area contributed by atoms with Crippen molar-refractivity contribution < 1.29 is 9.72 Å². The van der Waals surface area contributed by atoms with Crippen molar-refractivity contribution in [2.24, 2.45) is 0 Å². The van der Waals surface area contributed by atoms with Crippen LogP contribution in [0.5, 0.6) is 0 Å². The molecular weight excluding hydrogens is 318 g/mol. The summed E-state index contributed by atoms with van der Waals surface area (Å²) >= 11 is 1.39. The molecule has 0 saturated carbocycles. The van der Waals surface area contributed by atoms with Crippen molar-refractivity contribution in [1.82, 2.24) is 14.9 Å². The van der Waals surface area contributed by atoms with Crippen LogP contribution < -0.4 is 5.32 Å². The van der Waals surface area contributed by atoms with E-state index in [1.807, 2.05) is 6.92 Å². The molecule has 1 aliphatic heterocycles. The number of nitro groups is 1. The zero-order chi connectivity index (χ0) is 16.4. The number of hydrogen-bond donors (Lipinski definition) is 1. The second kappa shape index (κ2) is 6.29. The number of likely N-dealkylation sites (tertiary alicyclic amines) is 1. The molecule has 0 aliphatic carbocycles. The number of carbonyl (C=O) groups excluding carboxylic acids is 1. The zero-order valence-corrected chi connectivity index (χ0v) is 13.2. The number of rotatable bonds is 4. The largest absolute Gasteiger partial charge is 0.365 e. The molecule has 23 heavy (non-hydrogen) atoms. The maximum absolute atomic E-state index is 12.4. The van der Waals surface area contributed by atoms with Gasteiger partial charge in [0.2, 0.25) is 0 Å². The van der Waals surface area contributed by atoms with Gasteiger partial charge in [-0.3, -0.25) is 14.9 Å². The molecule has 1 amide bonds. The number of nitrogens with one attached hydrogen (secondary N) is 1. The average molecular weight is 333 g/mol. The summed E-state index contributed by atoms with van der Waals surface area (Å²) in [5.74, 6) is 0.570. The van der Waals surface area contributed by atoms with E-state index in [1.54, 1.807) is 17.2 Å². The van der Waals surface area contributed by atoms with Gasteiger partial charge in [0, 0.05) is 25.2 Å². The van der Waals surface area contributed by atoms with Gasteiger partial charge in [0.25, 0.3) is 11.6 Å². The molecule has 0 unspecified atom stereocenters. The SMILES string of the molecule is Cc1ncc(C(=O)N2CC[C@@H](Nc3ccc([N+](=O)[O-])cn3)C2)s1. The van der Waals surface area contributed by atoms with Crippen molar-refractivity contribution in [3.05, 3.63) is 44.5 Å². The molecule has 0 radical (unpaired) electrons. The Labute approximate surface area is 136 Å². The van der Waals surface area contributed by atoms with Crippen LogP contribution in [0.25, 0.3) is 0 Å². The highest BCUT2D eigenvalue weighted by atomic mass is 32.1. The molecule has 3 heterocycles. The summed E-state index contributed by atoms with van der Waals surface area (Å²) in [5.41, 5.74) is -0.0423. The lowest BCUT2D eigenvalue weighted by Gasteiger charge is -2.16. The maximum Gasteiger partial charge on any atom is 0.287 e. The van der Waals surface area contributed by atoms with Gasteiger partial charge in [-0.1, -0.05) is 0 Å².